The first-order valence-electron chi connectivity index (χ1n) is 7.51. The van der Waals surface area contributed by atoms with Gasteiger partial charge in [-0.05, 0) is 32.3 Å². The number of carboxylic acid groups (broad SMARTS) is 1. The molecule has 2 N–H and O–H groups in total. The summed E-state index contributed by atoms with van der Waals surface area (Å²) in [7, 11) is 0. The molecule has 2 aromatic rings. The number of amides is 1. The Morgan fingerprint density at radius 2 is 1.96 bits per heavy atom. The van der Waals surface area contributed by atoms with E-state index >= 15 is 0 Å². The van der Waals surface area contributed by atoms with Crippen molar-refractivity contribution in [2.75, 3.05) is 0 Å². The van der Waals surface area contributed by atoms with Gasteiger partial charge < -0.3 is 10.4 Å². The lowest BCUT2D eigenvalue weighted by Crippen LogP contribution is -2.36. The van der Waals surface area contributed by atoms with Crippen LogP contribution in [0.25, 0.3) is 0 Å². The van der Waals surface area contributed by atoms with Crippen LogP contribution in [0.5, 0.6) is 0 Å². The highest BCUT2D eigenvalue weighted by Gasteiger charge is 2.51. The number of aromatic nitrogens is 1. The van der Waals surface area contributed by atoms with Crippen molar-refractivity contribution < 1.29 is 14.7 Å². The highest BCUT2D eigenvalue weighted by Crippen LogP contribution is 2.48. The Bertz CT molecular complexity index is 750. The van der Waals surface area contributed by atoms with Gasteiger partial charge in [-0.2, -0.15) is 0 Å². The number of nitrogens with zero attached hydrogens (tertiary/aromatic N) is 1. The monoisotopic (exact) mass is 330 g/mol. The van der Waals surface area contributed by atoms with E-state index in [2.05, 4.69) is 10.3 Å². The number of carbonyl (C=O) groups excluding carboxylic acids is 1. The topological polar surface area (TPSA) is 79.3 Å². The van der Waals surface area contributed by atoms with Crippen molar-refractivity contribution in [1.29, 1.82) is 0 Å². The Hall–Kier alpha value is -2.21. The third-order valence-corrected chi connectivity index (χ3v) is 5.56. The molecule has 23 heavy (non-hydrogen) atoms. The number of carboxylic acids is 1. The Morgan fingerprint density at radius 3 is 2.48 bits per heavy atom. The molecule has 1 fully saturated rings. The van der Waals surface area contributed by atoms with Crippen LogP contribution in [0.3, 0.4) is 0 Å². The largest absolute Gasteiger partial charge is 0.477 e. The zero-order valence-electron chi connectivity index (χ0n) is 13.0. The molecule has 5 nitrogen and oxygen atoms in total. The van der Waals surface area contributed by atoms with Crippen molar-refractivity contribution in [3.63, 3.8) is 0 Å². The summed E-state index contributed by atoms with van der Waals surface area (Å²) in [6.45, 7) is 3.51. The Morgan fingerprint density at radius 1 is 1.30 bits per heavy atom. The molecule has 0 radical (unpaired) electrons. The quantitative estimate of drug-likeness (QED) is 0.883. The average Bonchev–Trinajstić information content (AvgIpc) is 3.25. The fraction of sp³-hybridized carbons (Fsp3) is 0.353. The van der Waals surface area contributed by atoms with Crippen molar-refractivity contribution in [2.45, 2.75) is 38.1 Å². The molecule has 1 amide bonds. The lowest BCUT2D eigenvalue weighted by molar-refractivity contribution is -0.124. The number of hydrogen-bond acceptors (Lipinski definition) is 4. The summed E-state index contributed by atoms with van der Waals surface area (Å²) in [4.78, 5) is 28.3. The molecule has 3 rings (SSSR count). The van der Waals surface area contributed by atoms with Gasteiger partial charge >= 0.3 is 5.97 Å². The summed E-state index contributed by atoms with van der Waals surface area (Å²) in [5.74, 6) is -0.992. The number of benzene rings is 1. The summed E-state index contributed by atoms with van der Waals surface area (Å²) < 4.78 is 0. The molecule has 1 aliphatic rings. The summed E-state index contributed by atoms with van der Waals surface area (Å²) in [5.41, 5.74) is 1.09. The number of aromatic carboxylic acids is 1. The van der Waals surface area contributed by atoms with Gasteiger partial charge in [0.1, 0.15) is 9.88 Å². The van der Waals surface area contributed by atoms with Crippen LogP contribution in [0, 0.1) is 6.92 Å². The maximum atomic E-state index is 12.7. The fourth-order valence-corrected chi connectivity index (χ4v) is 3.63. The second-order valence-electron chi connectivity index (χ2n) is 5.92. The summed E-state index contributed by atoms with van der Waals surface area (Å²) in [5, 5.41) is 12.7. The number of rotatable bonds is 5. The lowest BCUT2D eigenvalue weighted by atomic mass is 9.95. The molecular weight excluding hydrogens is 312 g/mol. The van der Waals surface area contributed by atoms with E-state index in [1.807, 2.05) is 37.3 Å². The van der Waals surface area contributed by atoms with Gasteiger partial charge in [0.25, 0.3) is 0 Å². The summed E-state index contributed by atoms with van der Waals surface area (Å²) >= 11 is 1.12. The van der Waals surface area contributed by atoms with E-state index in [1.54, 1.807) is 6.92 Å². The molecule has 1 unspecified atom stereocenters. The predicted molar refractivity (Wildman–Crippen MR) is 87.7 cm³/mol. The smallest absolute Gasteiger partial charge is 0.347 e. The SMILES string of the molecule is Cc1nc(C(C)NC(=O)C2(c3ccccc3)CC2)sc1C(=O)O. The van der Waals surface area contributed by atoms with Gasteiger partial charge in [0.05, 0.1) is 17.2 Å². The molecule has 1 heterocycles. The van der Waals surface area contributed by atoms with Crippen LogP contribution in [-0.2, 0) is 10.2 Å². The van der Waals surface area contributed by atoms with Crippen LogP contribution in [-0.4, -0.2) is 22.0 Å². The van der Waals surface area contributed by atoms with Gasteiger partial charge in [0.2, 0.25) is 5.91 Å². The van der Waals surface area contributed by atoms with Crippen LogP contribution in [0.4, 0.5) is 0 Å². The standard InChI is InChI=1S/C17H18N2O3S/c1-10-13(15(20)21)23-14(18-10)11(2)19-16(22)17(8-9-17)12-6-4-3-5-7-12/h3-7,11H,8-9H2,1-2H3,(H,19,22)(H,20,21). The Kier molecular flexibility index (Phi) is 3.93. The number of aryl methyl sites for hydroxylation is 1. The summed E-state index contributed by atoms with van der Waals surface area (Å²) in [6, 6.07) is 9.47. The number of nitrogens with one attached hydrogen (secondary N) is 1. The zero-order valence-corrected chi connectivity index (χ0v) is 13.8. The fourth-order valence-electron chi connectivity index (χ4n) is 2.73. The first-order valence-corrected chi connectivity index (χ1v) is 8.33. The molecule has 6 heteroatoms. The molecular formula is C17H18N2O3S. The molecule has 0 bridgehead atoms. The first-order chi connectivity index (χ1) is 10.9. The molecule has 1 aromatic carbocycles. The van der Waals surface area contributed by atoms with Gasteiger partial charge in [-0.25, -0.2) is 9.78 Å². The maximum absolute atomic E-state index is 12.7. The van der Waals surface area contributed by atoms with Gasteiger partial charge in [0.15, 0.2) is 0 Å². The van der Waals surface area contributed by atoms with Crippen LogP contribution in [0.1, 0.15) is 51.7 Å². The minimum absolute atomic E-state index is 0.0130. The van der Waals surface area contributed by atoms with Crippen molar-refractivity contribution >= 4 is 23.2 Å². The van der Waals surface area contributed by atoms with Crippen molar-refractivity contribution in [1.82, 2.24) is 10.3 Å². The van der Waals surface area contributed by atoms with Crippen LogP contribution < -0.4 is 5.32 Å². The van der Waals surface area contributed by atoms with E-state index in [1.165, 1.54) is 0 Å². The van der Waals surface area contributed by atoms with E-state index in [9.17, 15) is 9.59 Å². The lowest BCUT2D eigenvalue weighted by Gasteiger charge is -2.18. The molecule has 1 aliphatic carbocycles. The van der Waals surface area contributed by atoms with Gasteiger partial charge in [-0.15, -0.1) is 11.3 Å². The van der Waals surface area contributed by atoms with Crippen molar-refractivity contribution in [3.8, 4) is 0 Å². The second-order valence-corrected chi connectivity index (χ2v) is 6.95. The highest BCUT2D eigenvalue weighted by molar-refractivity contribution is 7.13. The van der Waals surface area contributed by atoms with E-state index < -0.39 is 11.4 Å². The number of carbonyl (C=O) groups is 2. The van der Waals surface area contributed by atoms with Crippen LogP contribution in [0.15, 0.2) is 30.3 Å². The predicted octanol–water partition coefficient (Wildman–Crippen LogP) is 3.06. The van der Waals surface area contributed by atoms with E-state index in [4.69, 9.17) is 5.11 Å². The van der Waals surface area contributed by atoms with Crippen LogP contribution >= 0.6 is 11.3 Å². The number of hydrogen-bond donors (Lipinski definition) is 2. The zero-order chi connectivity index (χ0) is 16.6. The van der Waals surface area contributed by atoms with Gasteiger partial charge in [-0.1, -0.05) is 30.3 Å². The van der Waals surface area contributed by atoms with Gasteiger partial charge in [0, 0.05) is 0 Å². The molecule has 0 aliphatic heterocycles. The van der Waals surface area contributed by atoms with Crippen LogP contribution in [0.2, 0.25) is 0 Å². The molecule has 0 saturated heterocycles. The van der Waals surface area contributed by atoms with Crippen molar-refractivity contribution in [3.05, 3.63) is 51.5 Å². The molecule has 1 saturated carbocycles. The molecule has 1 aromatic heterocycles. The normalized spacial score (nSPS) is 16.6. The molecule has 0 spiro atoms. The molecule has 1 atom stereocenters. The van der Waals surface area contributed by atoms with E-state index in [-0.39, 0.29) is 16.8 Å². The van der Waals surface area contributed by atoms with Crippen molar-refractivity contribution in [2.24, 2.45) is 0 Å². The minimum Gasteiger partial charge on any atom is -0.477 e. The minimum atomic E-state index is -0.979. The number of thiazole rings is 1. The van der Waals surface area contributed by atoms with Gasteiger partial charge in [-0.3, -0.25) is 4.79 Å². The summed E-state index contributed by atoms with van der Waals surface area (Å²) in [6.07, 6.45) is 1.68. The average molecular weight is 330 g/mol. The third-order valence-electron chi connectivity index (χ3n) is 4.24. The third kappa shape index (κ3) is 2.86. The Balaban J connectivity index is 1.76. The maximum Gasteiger partial charge on any atom is 0.347 e. The Labute approximate surface area is 138 Å². The molecule has 120 valence electrons. The highest BCUT2D eigenvalue weighted by atomic mass is 32.1. The second kappa shape index (κ2) is 5.77. The first kappa shape index (κ1) is 15.7. The van der Waals surface area contributed by atoms with E-state index in [0.717, 1.165) is 29.7 Å². The van der Waals surface area contributed by atoms with E-state index in [0.29, 0.717) is 10.7 Å².